The Morgan fingerprint density at radius 3 is 2.55 bits per heavy atom. The van der Waals surface area contributed by atoms with Crippen molar-refractivity contribution in [3.8, 4) is 0 Å². The van der Waals surface area contributed by atoms with E-state index in [9.17, 15) is 0 Å². The number of rotatable bonds is 6. The van der Waals surface area contributed by atoms with Crippen LogP contribution in [0.3, 0.4) is 0 Å². The number of nitrogens with one attached hydrogen (secondary N) is 3. The van der Waals surface area contributed by atoms with Crippen LogP contribution in [0.1, 0.15) is 16.8 Å². The molecule has 9 nitrogen and oxygen atoms in total. The van der Waals surface area contributed by atoms with Crippen molar-refractivity contribution in [2.45, 2.75) is 13.8 Å². The lowest BCUT2D eigenvalue weighted by molar-refractivity contribution is 0.122. The van der Waals surface area contributed by atoms with Crippen molar-refractivity contribution in [2.24, 2.45) is 5.10 Å². The fourth-order valence-electron chi connectivity index (χ4n) is 3.76. The zero-order valence-corrected chi connectivity index (χ0v) is 18.7. The first-order chi connectivity index (χ1) is 16.2. The molecule has 0 saturated carbocycles. The number of hydrogen-bond acceptors (Lipinski definition) is 8. The molecule has 0 aliphatic carbocycles. The first-order valence-corrected chi connectivity index (χ1v) is 10.9. The number of para-hydroxylation sites is 1. The van der Waals surface area contributed by atoms with Gasteiger partial charge in [0.15, 0.2) is 0 Å². The summed E-state index contributed by atoms with van der Waals surface area (Å²) in [6.45, 7) is 6.83. The molecule has 168 valence electrons. The van der Waals surface area contributed by atoms with Gasteiger partial charge in [0.1, 0.15) is 0 Å². The first-order valence-electron chi connectivity index (χ1n) is 10.9. The Morgan fingerprint density at radius 1 is 0.970 bits per heavy atom. The minimum atomic E-state index is 0.370. The lowest BCUT2D eigenvalue weighted by atomic mass is 10.1. The number of hydrogen-bond donors (Lipinski definition) is 3. The molecule has 0 spiro atoms. The third kappa shape index (κ3) is 4.78. The number of aromatic amines is 1. The number of fused-ring (bicyclic) bond motifs is 1. The fourth-order valence-corrected chi connectivity index (χ4v) is 3.76. The molecule has 1 aliphatic heterocycles. The molecule has 2 aromatic heterocycles. The van der Waals surface area contributed by atoms with Gasteiger partial charge in [-0.3, -0.25) is 0 Å². The molecule has 4 aromatic rings. The molecule has 2 aromatic carbocycles. The summed E-state index contributed by atoms with van der Waals surface area (Å²) in [5.74, 6) is 1.41. The van der Waals surface area contributed by atoms with Gasteiger partial charge >= 0.3 is 0 Å². The molecule has 33 heavy (non-hydrogen) atoms. The van der Waals surface area contributed by atoms with Crippen molar-refractivity contribution in [3.63, 3.8) is 0 Å². The Labute approximate surface area is 191 Å². The number of morpholine rings is 1. The maximum Gasteiger partial charge on any atom is 0.250 e. The van der Waals surface area contributed by atoms with Crippen LogP contribution in [-0.4, -0.2) is 52.5 Å². The Hall–Kier alpha value is -3.98. The van der Waals surface area contributed by atoms with Gasteiger partial charge in [0.05, 0.1) is 19.4 Å². The summed E-state index contributed by atoms with van der Waals surface area (Å²) in [4.78, 5) is 19.2. The average molecular weight is 443 g/mol. The molecule has 1 aliphatic rings. The van der Waals surface area contributed by atoms with E-state index >= 15 is 0 Å². The minimum absolute atomic E-state index is 0.370. The van der Waals surface area contributed by atoms with E-state index in [1.54, 1.807) is 6.21 Å². The van der Waals surface area contributed by atoms with Crippen molar-refractivity contribution in [1.29, 1.82) is 0 Å². The second kappa shape index (κ2) is 9.25. The van der Waals surface area contributed by atoms with Gasteiger partial charge in [0, 0.05) is 40.9 Å². The number of hydrazone groups is 1. The predicted octanol–water partition coefficient (Wildman–Crippen LogP) is 4.00. The van der Waals surface area contributed by atoms with Crippen molar-refractivity contribution < 1.29 is 4.74 Å². The summed E-state index contributed by atoms with van der Waals surface area (Å²) in [6.07, 6.45) is 1.79. The van der Waals surface area contributed by atoms with Gasteiger partial charge in [-0.1, -0.05) is 35.9 Å². The van der Waals surface area contributed by atoms with Crippen molar-refractivity contribution in [2.75, 3.05) is 41.9 Å². The summed E-state index contributed by atoms with van der Waals surface area (Å²) in [5.41, 5.74) is 8.24. The van der Waals surface area contributed by atoms with E-state index in [-0.39, 0.29) is 0 Å². The van der Waals surface area contributed by atoms with Gasteiger partial charge in [0.2, 0.25) is 17.8 Å². The molecular formula is C24H26N8O. The molecule has 5 rings (SSSR count). The average Bonchev–Trinajstić information content (AvgIpc) is 3.16. The van der Waals surface area contributed by atoms with E-state index in [0.29, 0.717) is 31.1 Å². The van der Waals surface area contributed by atoms with Gasteiger partial charge in [-0.2, -0.15) is 20.1 Å². The Balaban J connectivity index is 1.41. The van der Waals surface area contributed by atoms with Crippen LogP contribution < -0.4 is 15.6 Å². The molecule has 9 heteroatoms. The smallest absolute Gasteiger partial charge is 0.250 e. The highest BCUT2D eigenvalue weighted by Crippen LogP contribution is 2.21. The summed E-state index contributed by atoms with van der Waals surface area (Å²) >= 11 is 0. The zero-order valence-electron chi connectivity index (χ0n) is 18.7. The standard InChI is InChI=1S/C24H26N8O/c1-16-7-9-18(10-8-16)27-22-28-23(30-24(29-22)32-11-13-33-14-12-32)31-25-15-20-17(2)26-21-6-4-3-5-19(20)21/h3-10,15,26H,11-14H2,1-2H3,(H2,27,28,29,30,31)/b25-15-. The molecule has 0 unspecified atom stereocenters. The van der Waals surface area contributed by atoms with Crippen LogP contribution in [0.15, 0.2) is 53.6 Å². The number of nitrogens with zero attached hydrogens (tertiary/aromatic N) is 5. The molecule has 0 amide bonds. The number of ether oxygens (including phenoxy) is 1. The van der Waals surface area contributed by atoms with Crippen LogP contribution in [0, 0.1) is 13.8 Å². The summed E-state index contributed by atoms with van der Waals surface area (Å²) < 4.78 is 5.47. The fraction of sp³-hybridized carbons (Fsp3) is 0.250. The monoisotopic (exact) mass is 442 g/mol. The van der Waals surface area contributed by atoms with E-state index in [1.165, 1.54) is 5.56 Å². The number of H-pyrrole nitrogens is 1. The van der Waals surface area contributed by atoms with E-state index in [2.05, 4.69) is 59.7 Å². The molecule has 0 bridgehead atoms. The molecule has 0 radical (unpaired) electrons. The Morgan fingerprint density at radius 2 is 1.73 bits per heavy atom. The maximum atomic E-state index is 5.47. The quantitative estimate of drug-likeness (QED) is 0.306. The van der Waals surface area contributed by atoms with Crippen molar-refractivity contribution >= 4 is 40.6 Å². The van der Waals surface area contributed by atoms with Gasteiger partial charge in [0.25, 0.3) is 0 Å². The van der Waals surface area contributed by atoms with Gasteiger partial charge < -0.3 is 19.9 Å². The second-order valence-electron chi connectivity index (χ2n) is 7.95. The van der Waals surface area contributed by atoms with Crippen LogP contribution in [0.25, 0.3) is 10.9 Å². The third-order valence-corrected chi connectivity index (χ3v) is 5.53. The van der Waals surface area contributed by atoms with E-state index in [4.69, 9.17) is 4.74 Å². The van der Waals surface area contributed by atoms with Gasteiger partial charge in [-0.05, 0) is 32.0 Å². The molecule has 0 atom stereocenters. The highest BCUT2D eigenvalue weighted by Gasteiger charge is 2.17. The molecular weight excluding hydrogens is 416 g/mol. The van der Waals surface area contributed by atoms with Crippen LogP contribution in [0.2, 0.25) is 0 Å². The van der Waals surface area contributed by atoms with Gasteiger partial charge in [-0.15, -0.1) is 0 Å². The maximum absolute atomic E-state index is 5.47. The third-order valence-electron chi connectivity index (χ3n) is 5.53. The normalized spacial score (nSPS) is 14.2. The number of anilines is 4. The van der Waals surface area contributed by atoms with E-state index in [0.717, 1.165) is 40.9 Å². The summed E-state index contributed by atoms with van der Waals surface area (Å²) in [7, 11) is 0. The predicted molar refractivity (Wildman–Crippen MR) is 132 cm³/mol. The second-order valence-corrected chi connectivity index (χ2v) is 7.95. The van der Waals surface area contributed by atoms with E-state index in [1.807, 2.05) is 43.3 Å². The highest BCUT2D eigenvalue weighted by atomic mass is 16.5. The highest BCUT2D eigenvalue weighted by molar-refractivity contribution is 6.00. The van der Waals surface area contributed by atoms with Crippen LogP contribution in [0.4, 0.5) is 23.5 Å². The summed E-state index contributed by atoms with van der Waals surface area (Å²) in [5, 5.41) is 8.81. The van der Waals surface area contributed by atoms with E-state index < -0.39 is 0 Å². The minimum Gasteiger partial charge on any atom is -0.378 e. The zero-order chi connectivity index (χ0) is 22.6. The lowest BCUT2D eigenvalue weighted by Crippen LogP contribution is -2.37. The largest absolute Gasteiger partial charge is 0.378 e. The molecule has 1 fully saturated rings. The number of benzene rings is 2. The molecule has 3 heterocycles. The van der Waals surface area contributed by atoms with Gasteiger partial charge in [-0.25, -0.2) is 5.43 Å². The number of aryl methyl sites for hydroxylation is 2. The lowest BCUT2D eigenvalue weighted by Gasteiger charge is -2.27. The topological polar surface area (TPSA) is 103 Å². The van der Waals surface area contributed by atoms with Crippen LogP contribution in [0.5, 0.6) is 0 Å². The molecule has 3 N–H and O–H groups in total. The van der Waals surface area contributed by atoms with Crippen molar-refractivity contribution in [1.82, 2.24) is 19.9 Å². The molecule has 1 saturated heterocycles. The number of aromatic nitrogens is 4. The summed E-state index contributed by atoms with van der Waals surface area (Å²) in [6, 6.07) is 16.2. The first kappa shape index (κ1) is 20.9. The van der Waals surface area contributed by atoms with Crippen molar-refractivity contribution in [3.05, 3.63) is 65.4 Å². The van der Waals surface area contributed by atoms with Crippen LogP contribution >= 0.6 is 0 Å². The Bertz CT molecular complexity index is 1280. The Kier molecular flexibility index (Phi) is 5.86. The SMILES string of the molecule is Cc1ccc(Nc2nc(N/N=C\c3c(C)[nH]c4ccccc34)nc(N3CCOCC3)n2)cc1. The van der Waals surface area contributed by atoms with Crippen LogP contribution in [-0.2, 0) is 4.74 Å².